The van der Waals surface area contributed by atoms with E-state index in [1.807, 2.05) is 0 Å². The van der Waals surface area contributed by atoms with Crippen molar-refractivity contribution in [1.82, 2.24) is 10.2 Å². The molecule has 0 spiro atoms. The SMILES string of the molecule is COCCNC(=O)C[C@H]1CC[C@H]2[C@H](COc3ccc(NC(=O)C4CCOCC4)cc3C(=O)N2C)O1. The maximum absolute atomic E-state index is 13.4. The van der Waals surface area contributed by atoms with Gasteiger partial charge in [-0.25, -0.2) is 0 Å². The van der Waals surface area contributed by atoms with Crippen LogP contribution in [0.5, 0.6) is 5.75 Å². The molecule has 0 aliphatic carbocycles. The second-order valence-corrected chi connectivity index (χ2v) is 9.30. The second kappa shape index (κ2) is 11.8. The summed E-state index contributed by atoms with van der Waals surface area (Å²) in [5.74, 6) is 0.0420. The van der Waals surface area contributed by atoms with Crippen LogP contribution in [0.25, 0.3) is 0 Å². The first-order chi connectivity index (χ1) is 17.0. The number of ether oxygens (including phenoxy) is 4. The number of amides is 3. The number of hydrogen-bond acceptors (Lipinski definition) is 7. The molecule has 1 aromatic rings. The van der Waals surface area contributed by atoms with Gasteiger partial charge >= 0.3 is 0 Å². The van der Waals surface area contributed by atoms with Gasteiger partial charge in [-0.2, -0.15) is 0 Å². The number of nitrogens with one attached hydrogen (secondary N) is 2. The van der Waals surface area contributed by atoms with E-state index in [9.17, 15) is 14.4 Å². The normalized spacial score (nSPS) is 24.9. The molecule has 0 saturated carbocycles. The Bertz CT molecular complexity index is 918. The second-order valence-electron chi connectivity index (χ2n) is 9.30. The van der Waals surface area contributed by atoms with Gasteiger partial charge in [0.1, 0.15) is 18.5 Å². The van der Waals surface area contributed by atoms with Gasteiger partial charge in [0.25, 0.3) is 5.91 Å². The standard InChI is InChI=1S/C25H35N3O7/c1-28-20-5-4-18(14-23(29)26-9-12-32-2)35-22(20)15-34-21-6-3-17(13-19(21)25(28)31)27-24(30)16-7-10-33-11-8-16/h3,6,13,16,18,20,22H,4-5,7-12,14-15H2,1-2H3,(H,26,29)(H,27,30)/t18-,20+,22+/m1/s1. The number of benzene rings is 1. The number of fused-ring (bicyclic) bond motifs is 2. The average molecular weight is 490 g/mol. The summed E-state index contributed by atoms with van der Waals surface area (Å²) in [4.78, 5) is 39.9. The van der Waals surface area contributed by atoms with Crippen LogP contribution in [0.1, 0.15) is 42.5 Å². The molecule has 3 heterocycles. The molecule has 2 fully saturated rings. The van der Waals surface area contributed by atoms with E-state index in [1.54, 1.807) is 37.3 Å². The minimum Gasteiger partial charge on any atom is -0.490 e. The van der Waals surface area contributed by atoms with Gasteiger partial charge < -0.3 is 34.5 Å². The van der Waals surface area contributed by atoms with Gasteiger partial charge in [-0.05, 0) is 43.9 Å². The smallest absolute Gasteiger partial charge is 0.257 e. The third-order valence-corrected chi connectivity index (χ3v) is 6.91. The number of rotatable bonds is 7. The third-order valence-electron chi connectivity index (χ3n) is 6.91. The zero-order chi connectivity index (χ0) is 24.8. The van der Waals surface area contributed by atoms with E-state index in [2.05, 4.69) is 10.6 Å². The summed E-state index contributed by atoms with van der Waals surface area (Å²) in [5, 5.41) is 5.76. The molecule has 0 aromatic heterocycles. The highest BCUT2D eigenvalue weighted by Crippen LogP contribution is 2.32. The van der Waals surface area contributed by atoms with Crippen molar-refractivity contribution in [3.05, 3.63) is 23.8 Å². The lowest BCUT2D eigenvalue weighted by Crippen LogP contribution is -2.54. The third kappa shape index (κ3) is 6.31. The topological polar surface area (TPSA) is 115 Å². The van der Waals surface area contributed by atoms with Crippen LogP contribution in [-0.2, 0) is 23.8 Å². The minimum atomic E-state index is -0.337. The van der Waals surface area contributed by atoms with Crippen LogP contribution in [0.4, 0.5) is 5.69 Å². The molecule has 3 atom stereocenters. The highest BCUT2D eigenvalue weighted by atomic mass is 16.5. The monoisotopic (exact) mass is 489 g/mol. The summed E-state index contributed by atoms with van der Waals surface area (Å²) in [6, 6.07) is 4.98. The van der Waals surface area contributed by atoms with Crippen molar-refractivity contribution in [2.45, 2.75) is 50.4 Å². The van der Waals surface area contributed by atoms with Crippen molar-refractivity contribution in [2.75, 3.05) is 52.4 Å². The fourth-order valence-corrected chi connectivity index (χ4v) is 4.88. The highest BCUT2D eigenvalue weighted by molar-refractivity contribution is 6.00. The molecular weight excluding hydrogens is 454 g/mol. The van der Waals surface area contributed by atoms with Crippen LogP contribution < -0.4 is 15.4 Å². The first-order valence-electron chi connectivity index (χ1n) is 12.3. The number of likely N-dealkylation sites (N-methyl/N-ethyl adjacent to an activating group) is 1. The highest BCUT2D eigenvalue weighted by Gasteiger charge is 2.39. The molecule has 0 bridgehead atoms. The number of carbonyl (C=O) groups is 3. The lowest BCUT2D eigenvalue weighted by Gasteiger charge is -2.42. The van der Waals surface area contributed by atoms with Gasteiger partial charge in [0.05, 0.1) is 30.7 Å². The fourth-order valence-electron chi connectivity index (χ4n) is 4.88. The Morgan fingerprint density at radius 2 is 1.97 bits per heavy atom. The number of nitrogens with zero attached hydrogens (tertiary/aromatic N) is 1. The van der Waals surface area contributed by atoms with E-state index in [0.717, 1.165) is 0 Å². The molecule has 0 unspecified atom stereocenters. The van der Waals surface area contributed by atoms with Gasteiger partial charge in [-0.1, -0.05) is 0 Å². The molecular formula is C25H35N3O7. The number of methoxy groups -OCH3 is 1. The quantitative estimate of drug-likeness (QED) is 0.559. The van der Waals surface area contributed by atoms with Gasteiger partial charge in [0, 0.05) is 45.5 Å². The summed E-state index contributed by atoms with van der Waals surface area (Å²) in [6.07, 6.45) is 2.47. The molecule has 4 rings (SSSR count). The van der Waals surface area contributed by atoms with Gasteiger partial charge in [-0.3, -0.25) is 14.4 Å². The molecule has 35 heavy (non-hydrogen) atoms. The summed E-state index contributed by atoms with van der Waals surface area (Å²) in [5.41, 5.74) is 0.984. The van der Waals surface area contributed by atoms with Crippen LogP contribution in [0.2, 0.25) is 0 Å². The van der Waals surface area contributed by atoms with Crippen LogP contribution in [0.15, 0.2) is 18.2 Å². The summed E-state index contributed by atoms with van der Waals surface area (Å²) in [6.45, 7) is 2.36. The van der Waals surface area contributed by atoms with Crippen LogP contribution in [0.3, 0.4) is 0 Å². The van der Waals surface area contributed by atoms with Gasteiger partial charge in [0.15, 0.2) is 0 Å². The molecule has 3 aliphatic rings. The Morgan fingerprint density at radius 1 is 1.17 bits per heavy atom. The van der Waals surface area contributed by atoms with Gasteiger partial charge in [0.2, 0.25) is 11.8 Å². The predicted octanol–water partition coefficient (Wildman–Crippen LogP) is 1.59. The Balaban J connectivity index is 1.40. The molecule has 3 amide bonds. The Labute approximate surface area is 205 Å². The zero-order valence-electron chi connectivity index (χ0n) is 20.4. The molecule has 0 radical (unpaired) electrons. The Hall–Kier alpha value is -2.69. The molecule has 10 nitrogen and oxygen atoms in total. The van der Waals surface area contributed by atoms with E-state index in [0.29, 0.717) is 69.0 Å². The molecule has 192 valence electrons. The van der Waals surface area contributed by atoms with Crippen molar-refractivity contribution in [3.63, 3.8) is 0 Å². The molecule has 1 aromatic carbocycles. The van der Waals surface area contributed by atoms with Crippen molar-refractivity contribution < 1.29 is 33.3 Å². The number of carbonyl (C=O) groups excluding carboxylic acids is 3. The molecule has 10 heteroatoms. The average Bonchev–Trinajstić information content (AvgIpc) is 2.87. The summed E-state index contributed by atoms with van der Waals surface area (Å²) < 4.78 is 22.5. The molecule has 2 N–H and O–H groups in total. The lowest BCUT2D eigenvalue weighted by molar-refractivity contribution is -0.134. The van der Waals surface area contributed by atoms with Crippen molar-refractivity contribution in [3.8, 4) is 5.75 Å². The maximum Gasteiger partial charge on any atom is 0.257 e. The fraction of sp³-hybridized carbons (Fsp3) is 0.640. The minimum absolute atomic E-state index is 0.0566. The largest absolute Gasteiger partial charge is 0.490 e. The Morgan fingerprint density at radius 3 is 2.74 bits per heavy atom. The van der Waals surface area contributed by atoms with E-state index in [-0.39, 0.29) is 54.9 Å². The van der Waals surface area contributed by atoms with Crippen LogP contribution in [0, 0.1) is 5.92 Å². The zero-order valence-corrected chi connectivity index (χ0v) is 20.4. The van der Waals surface area contributed by atoms with E-state index < -0.39 is 0 Å². The molecule has 2 saturated heterocycles. The molecule has 3 aliphatic heterocycles. The summed E-state index contributed by atoms with van der Waals surface area (Å²) in [7, 11) is 3.36. The van der Waals surface area contributed by atoms with Crippen molar-refractivity contribution >= 4 is 23.4 Å². The number of anilines is 1. The first kappa shape index (κ1) is 25.4. The van der Waals surface area contributed by atoms with Gasteiger partial charge in [-0.15, -0.1) is 0 Å². The van der Waals surface area contributed by atoms with E-state index >= 15 is 0 Å². The van der Waals surface area contributed by atoms with Crippen LogP contribution in [-0.4, -0.2) is 88.0 Å². The summed E-state index contributed by atoms with van der Waals surface area (Å²) >= 11 is 0. The van der Waals surface area contributed by atoms with Crippen molar-refractivity contribution in [1.29, 1.82) is 0 Å². The first-order valence-corrected chi connectivity index (χ1v) is 12.3. The van der Waals surface area contributed by atoms with Crippen LogP contribution >= 0.6 is 0 Å². The van der Waals surface area contributed by atoms with Crippen molar-refractivity contribution in [2.24, 2.45) is 5.92 Å². The Kier molecular flexibility index (Phi) is 8.59. The van der Waals surface area contributed by atoms with E-state index in [1.165, 1.54) is 0 Å². The predicted molar refractivity (Wildman–Crippen MR) is 127 cm³/mol. The van der Waals surface area contributed by atoms with E-state index in [4.69, 9.17) is 18.9 Å². The maximum atomic E-state index is 13.4. The lowest BCUT2D eigenvalue weighted by atomic mass is 9.94. The number of hydrogen-bond donors (Lipinski definition) is 2.